The Labute approximate surface area is 107 Å². The van der Waals surface area contributed by atoms with Crippen LogP contribution in [0.4, 0.5) is 4.39 Å². The Morgan fingerprint density at radius 3 is 2.94 bits per heavy atom. The van der Waals surface area contributed by atoms with Gasteiger partial charge >= 0.3 is 0 Å². The summed E-state index contributed by atoms with van der Waals surface area (Å²) < 4.78 is 13.1. The van der Waals surface area contributed by atoms with Crippen LogP contribution < -0.4 is 0 Å². The van der Waals surface area contributed by atoms with Crippen LogP contribution in [0.15, 0.2) is 36.0 Å². The van der Waals surface area contributed by atoms with E-state index in [9.17, 15) is 9.18 Å². The van der Waals surface area contributed by atoms with E-state index in [0.29, 0.717) is 5.56 Å². The molecule has 0 radical (unpaired) electrons. The molecule has 3 heteroatoms. The number of benzene rings is 1. The van der Waals surface area contributed by atoms with Crippen LogP contribution in [-0.4, -0.2) is 24.3 Å². The van der Waals surface area contributed by atoms with Gasteiger partial charge in [0.05, 0.1) is 0 Å². The molecule has 1 aliphatic rings. The number of hydrogen-bond donors (Lipinski definition) is 0. The Bertz CT molecular complexity index is 467. The first kappa shape index (κ1) is 12.8. The van der Waals surface area contributed by atoms with E-state index in [1.165, 1.54) is 25.0 Å². The molecule has 0 saturated carbocycles. The molecule has 0 aromatic heterocycles. The van der Waals surface area contributed by atoms with Crippen LogP contribution in [0, 0.1) is 5.82 Å². The second-order valence-corrected chi connectivity index (χ2v) is 4.74. The summed E-state index contributed by atoms with van der Waals surface area (Å²) in [6, 6.07) is 5.86. The Kier molecular flexibility index (Phi) is 4.13. The minimum atomic E-state index is -0.367. The zero-order valence-electron chi connectivity index (χ0n) is 10.7. The zero-order chi connectivity index (χ0) is 13.0. The maximum atomic E-state index is 13.1. The smallest absolute Gasteiger partial charge is 0.187 e. The highest BCUT2D eigenvalue weighted by Crippen LogP contribution is 2.19. The number of ketones is 1. The van der Waals surface area contributed by atoms with Crippen molar-refractivity contribution in [3.05, 3.63) is 47.4 Å². The number of nitrogens with zero attached hydrogens (tertiary/aromatic N) is 1. The minimum absolute atomic E-state index is 0.113. The van der Waals surface area contributed by atoms with Gasteiger partial charge in [0.1, 0.15) is 5.82 Å². The zero-order valence-corrected chi connectivity index (χ0v) is 10.7. The van der Waals surface area contributed by atoms with E-state index in [4.69, 9.17) is 0 Å². The van der Waals surface area contributed by atoms with Crippen LogP contribution in [0.3, 0.4) is 0 Å². The number of halogens is 1. The van der Waals surface area contributed by atoms with Crippen molar-refractivity contribution in [3.63, 3.8) is 0 Å². The summed E-state index contributed by atoms with van der Waals surface area (Å²) in [5.74, 6) is -0.480. The number of carbonyl (C=O) groups excluding carboxylic acids is 1. The summed E-state index contributed by atoms with van der Waals surface area (Å²) in [6.45, 7) is 0.988. The molecule has 96 valence electrons. The largest absolute Gasteiger partial charge is 0.378 e. The van der Waals surface area contributed by atoms with Crippen LogP contribution in [-0.2, 0) is 0 Å². The molecule has 1 heterocycles. The molecule has 0 atom stereocenters. The van der Waals surface area contributed by atoms with Gasteiger partial charge in [-0.25, -0.2) is 4.39 Å². The summed E-state index contributed by atoms with van der Waals surface area (Å²) in [7, 11) is 2.01. The Hall–Kier alpha value is -1.64. The summed E-state index contributed by atoms with van der Waals surface area (Å²) in [5.41, 5.74) is 1.47. The lowest BCUT2D eigenvalue weighted by Gasteiger charge is -2.19. The molecule has 1 fully saturated rings. The van der Waals surface area contributed by atoms with Gasteiger partial charge in [0.25, 0.3) is 0 Å². The van der Waals surface area contributed by atoms with Crippen LogP contribution in [0.5, 0.6) is 0 Å². The van der Waals surface area contributed by atoms with Crippen LogP contribution in [0.25, 0.3) is 0 Å². The molecule has 0 bridgehead atoms. The van der Waals surface area contributed by atoms with Crippen LogP contribution in [0.2, 0.25) is 0 Å². The van der Waals surface area contributed by atoms with Crippen molar-refractivity contribution in [1.82, 2.24) is 4.90 Å². The molecule has 0 N–H and O–H groups in total. The molecule has 1 saturated heterocycles. The highest BCUT2D eigenvalue weighted by molar-refractivity contribution is 6.04. The molecule has 2 nitrogen and oxygen atoms in total. The van der Waals surface area contributed by atoms with Crippen molar-refractivity contribution in [3.8, 4) is 0 Å². The van der Waals surface area contributed by atoms with Crippen molar-refractivity contribution in [1.29, 1.82) is 0 Å². The summed E-state index contributed by atoms with van der Waals surface area (Å²) >= 11 is 0. The van der Waals surface area contributed by atoms with Crippen molar-refractivity contribution in [2.45, 2.75) is 25.7 Å². The first-order valence-corrected chi connectivity index (χ1v) is 6.38. The van der Waals surface area contributed by atoms with Crippen LogP contribution in [0.1, 0.15) is 36.0 Å². The highest BCUT2D eigenvalue weighted by Gasteiger charge is 2.12. The van der Waals surface area contributed by atoms with Crippen molar-refractivity contribution >= 4 is 5.78 Å². The summed E-state index contributed by atoms with van der Waals surface area (Å²) in [5, 5.41) is 0. The third-order valence-electron chi connectivity index (χ3n) is 3.32. The maximum Gasteiger partial charge on any atom is 0.187 e. The predicted molar refractivity (Wildman–Crippen MR) is 69.9 cm³/mol. The second-order valence-electron chi connectivity index (χ2n) is 4.74. The Morgan fingerprint density at radius 1 is 1.33 bits per heavy atom. The fraction of sp³-hybridized carbons (Fsp3) is 0.400. The Morgan fingerprint density at radius 2 is 2.17 bits per heavy atom. The van der Waals surface area contributed by atoms with Crippen molar-refractivity contribution < 1.29 is 9.18 Å². The van der Waals surface area contributed by atoms with Gasteiger partial charge in [-0.15, -0.1) is 0 Å². The molecular formula is C15H18FNO. The normalized spacial score (nSPS) is 18.8. The molecule has 0 aliphatic carbocycles. The molecule has 2 rings (SSSR count). The van der Waals surface area contributed by atoms with E-state index in [1.807, 2.05) is 7.05 Å². The topological polar surface area (TPSA) is 20.3 Å². The summed E-state index contributed by atoms with van der Waals surface area (Å²) in [4.78, 5) is 14.2. The fourth-order valence-corrected chi connectivity index (χ4v) is 2.23. The maximum absolute atomic E-state index is 13.1. The SMILES string of the molecule is CN1CCCCC/C1=C\C(=O)c1cccc(F)c1. The monoisotopic (exact) mass is 247 g/mol. The Balaban J connectivity index is 2.18. The first-order valence-electron chi connectivity index (χ1n) is 6.38. The number of hydrogen-bond acceptors (Lipinski definition) is 2. The number of likely N-dealkylation sites (tertiary alicyclic amines) is 1. The first-order chi connectivity index (χ1) is 8.66. The third kappa shape index (κ3) is 3.19. The van der Waals surface area contributed by atoms with E-state index in [1.54, 1.807) is 18.2 Å². The number of allylic oxidation sites excluding steroid dienone is 2. The number of carbonyl (C=O) groups is 1. The number of rotatable bonds is 2. The molecular weight excluding hydrogens is 229 g/mol. The van der Waals surface area contributed by atoms with Crippen molar-refractivity contribution in [2.75, 3.05) is 13.6 Å². The standard InChI is InChI=1S/C15H18FNO/c1-17-9-4-2-3-8-14(17)11-15(18)12-6-5-7-13(16)10-12/h5-7,10-11H,2-4,8-9H2,1H3/b14-11+. The van der Waals surface area contributed by atoms with Crippen LogP contribution >= 0.6 is 0 Å². The molecule has 0 amide bonds. The quantitative estimate of drug-likeness (QED) is 0.589. The molecule has 1 aromatic carbocycles. The molecule has 0 spiro atoms. The van der Waals surface area contributed by atoms with Gasteiger partial charge in [-0.3, -0.25) is 4.79 Å². The van der Waals surface area contributed by atoms with E-state index in [-0.39, 0.29) is 11.6 Å². The molecule has 1 aliphatic heterocycles. The van der Waals surface area contributed by atoms with Gasteiger partial charge in [0.2, 0.25) is 0 Å². The lowest BCUT2D eigenvalue weighted by Crippen LogP contribution is -2.18. The van der Waals surface area contributed by atoms with Gasteiger partial charge in [-0.1, -0.05) is 18.6 Å². The second kappa shape index (κ2) is 5.80. The average Bonchev–Trinajstić information content (AvgIpc) is 2.55. The molecule has 0 unspecified atom stereocenters. The third-order valence-corrected chi connectivity index (χ3v) is 3.32. The molecule has 1 aromatic rings. The van der Waals surface area contributed by atoms with E-state index >= 15 is 0 Å². The lowest BCUT2D eigenvalue weighted by molar-refractivity contribution is 0.104. The van der Waals surface area contributed by atoms with Crippen molar-refractivity contribution in [2.24, 2.45) is 0 Å². The predicted octanol–water partition coefficient (Wildman–Crippen LogP) is 3.40. The van der Waals surface area contributed by atoms with E-state index < -0.39 is 0 Å². The van der Waals surface area contributed by atoms with Gasteiger partial charge in [-0.2, -0.15) is 0 Å². The minimum Gasteiger partial charge on any atom is -0.378 e. The van der Waals surface area contributed by atoms with Gasteiger partial charge in [0, 0.05) is 30.9 Å². The lowest BCUT2D eigenvalue weighted by atomic mass is 10.1. The highest BCUT2D eigenvalue weighted by atomic mass is 19.1. The van der Waals surface area contributed by atoms with Gasteiger partial charge in [-0.05, 0) is 31.4 Å². The average molecular weight is 247 g/mol. The van der Waals surface area contributed by atoms with Gasteiger partial charge in [0.15, 0.2) is 5.78 Å². The van der Waals surface area contributed by atoms with E-state index in [0.717, 1.165) is 25.1 Å². The van der Waals surface area contributed by atoms with Gasteiger partial charge < -0.3 is 4.90 Å². The summed E-state index contributed by atoms with van der Waals surface area (Å²) in [6.07, 6.45) is 6.07. The fourth-order valence-electron chi connectivity index (χ4n) is 2.23. The van der Waals surface area contributed by atoms with E-state index in [2.05, 4.69) is 4.90 Å². The molecule has 18 heavy (non-hydrogen) atoms.